The molecule has 4 aliphatic carbocycles. The van der Waals surface area contributed by atoms with Crippen LogP contribution in [-0.4, -0.2) is 97.0 Å². The first kappa shape index (κ1) is 32.0. The van der Waals surface area contributed by atoms with Gasteiger partial charge in [-0.1, -0.05) is 34.6 Å². The Labute approximate surface area is 245 Å². The zero-order valence-electron chi connectivity index (χ0n) is 25.6. The van der Waals surface area contributed by atoms with Crippen molar-refractivity contribution >= 4 is 0 Å². The quantitative estimate of drug-likeness (QED) is 0.226. The minimum Gasteiger partial charge on any atom is -0.394 e. The molecule has 7 N–H and O–H groups in total. The summed E-state index contributed by atoms with van der Waals surface area (Å²) in [5.74, 6) is 0.243. The van der Waals surface area contributed by atoms with Crippen LogP contribution in [0.3, 0.4) is 0 Å². The SMILES string of the molecule is CC(C)C(CCC(C)C1CC(O)C2C1(C)CCC1C3(C)CCC(O)CC3C(O)CC12O)OC1OC(CO)C(O)C1O. The third kappa shape index (κ3) is 5.23. The molecular formula is C32H56O9. The van der Waals surface area contributed by atoms with Crippen LogP contribution >= 0.6 is 0 Å². The van der Waals surface area contributed by atoms with E-state index in [1.165, 1.54) is 0 Å². The number of aliphatic hydroxyl groups is 7. The summed E-state index contributed by atoms with van der Waals surface area (Å²) in [5, 5.41) is 75.7. The normalized spacial score (nSPS) is 53.0. The van der Waals surface area contributed by atoms with Gasteiger partial charge in [0, 0.05) is 12.3 Å². The molecule has 1 aliphatic heterocycles. The van der Waals surface area contributed by atoms with E-state index in [1.54, 1.807) is 0 Å². The van der Waals surface area contributed by atoms with Gasteiger partial charge in [0.15, 0.2) is 6.29 Å². The highest BCUT2D eigenvalue weighted by molar-refractivity contribution is 5.20. The Morgan fingerprint density at radius 1 is 0.878 bits per heavy atom. The third-order valence-electron chi connectivity index (χ3n) is 12.9. The summed E-state index contributed by atoms with van der Waals surface area (Å²) < 4.78 is 11.7. The molecule has 0 spiro atoms. The predicted molar refractivity (Wildman–Crippen MR) is 151 cm³/mol. The van der Waals surface area contributed by atoms with Gasteiger partial charge in [0.05, 0.1) is 36.6 Å². The molecule has 0 bridgehead atoms. The van der Waals surface area contributed by atoms with Crippen LogP contribution in [0.5, 0.6) is 0 Å². The van der Waals surface area contributed by atoms with Crippen molar-refractivity contribution in [2.24, 2.45) is 46.3 Å². The molecule has 16 atom stereocenters. The Bertz CT molecular complexity index is 918. The van der Waals surface area contributed by atoms with Gasteiger partial charge in [-0.3, -0.25) is 0 Å². The maximum absolute atomic E-state index is 12.5. The fourth-order valence-electron chi connectivity index (χ4n) is 10.7. The van der Waals surface area contributed by atoms with Crippen molar-refractivity contribution in [3.63, 3.8) is 0 Å². The molecule has 0 amide bonds. The molecule has 1 saturated heterocycles. The molecule has 5 aliphatic rings. The molecule has 1 heterocycles. The van der Waals surface area contributed by atoms with E-state index in [0.29, 0.717) is 25.7 Å². The van der Waals surface area contributed by atoms with Crippen molar-refractivity contribution in [2.75, 3.05) is 6.61 Å². The Hall–Kier alpha value is -0.360. The molecule has 0 aromatic heterocycles. The molecule has 41 heavy (non-hydrogen) atoms. The molecule has 9 heteroatoms. The van der Waals surface area contributed by atoms with E-state index in [0.717, 1.165) is 25.7 Å². The van der Waals surface area contributed by atoms with Crippen molar-refractivity contribution < 1.29 is 45.2 Å². The third-order valence-corrected chi connectivity index (χ3v) is 12.9. The fourth-order valence-corrected chi connectivity index (χ4v) is 10.7. The summed E-state index contributed by atoms with van der Waals surface area (Å²) >= 11 is 0. The molecule has 4 saturated carbocycles. The van der Waals surface area contributed by atoms with Gasteiger partial charge in [-0.2, -0.15) is 0 Å². The zero-order chi connectivity index (χ0) is 30.1. The van der Waals surface area contributed by atoms with Gasteiger partial charge >= 0.3 is 0 Å². The van der Waals surface area contributed by atoms with Crippen molar-refractivity contribution in [3.8, 4) is 0 Å². The van der Waals surface area contributed by atoms with Crippen LogP contribution in [0.2, 0.25) is 0 Å². The van der Waals surface area contributed by atoms with E-state index in [1.807, 2.05) is 0 Å². The standard InChI is InChI=1S/C32H56O9/c1-16(2)23(40-29-27(38)26(37)24(15-33)41-29)7-6-17(3)19-13-21(35)28-31(19,5)11-9-25-30(4)10-8-18(34)12-20(30)22(36)14-32(25,28)39/h16-29,33-39H,6-15H2,1-5H3. The lowest BCUT2D eigenvalue weighted by Gasteiger charge is -2.66. The summed E-state index contributed by atoms with van der Waals surface area (Å²) in [7, 11) is 0. The van der Waals surface area contributed by atoms with E-state index in [9.17, 15) is 35.7 Å². The van der Waals surface area contributed by atoms with Gasteiger partial charge in [0.25, 0.3) is 0 Å². The van der Waals surface area contributed by atoms with E-state index >= 15 is 0 Å². The second-order valence-electron chi connectivity index (χ2n) is 15.5. The lowest BCUT2D eigenvalue weighted by molar-refractivity contribution is -0.263. The van der Waals surface area contributed by atoms with Crippen molar-refractivity contribution in [3.05, 3.63) is 0 Å². The lowest BCUT2D eigenvalue weighted by atomic mass is 9.42. The number of rotatable bonds is 8. The molecule has 0 aromatic carbocycles. The Balaban J connectivity index is 1.29. The fraction of sp³-hybridized carbons (Fsp3) is 1.00. The van der Waals surface area contributed by atoms with Gasteiger partial charge in [-0.25, -0.2) is 0 Å². The van der Waals surface area contributed by atoms with Crippen LogP contribution in [0.4, 0.5) is 0 Å². The highest BCUT2D eigenvalue weighted by Crippen LogP contribution is 2.69. The first-order valence-corrected chi connectivity index (χ1v) is 16.2. The number of hydrogen-bond donors (Lipinski definition) is 7. The van der Waals surface area contributed by atoms with Crippen molar-refractivity contribution in [1.29, 1.82) is 0 Å². The van der Waals surface area contributed by atoms with Gasteiger partial charge in [-0.05, 0) is 91.8 Å². The molecule has 0 radical (unpaired) electrons. The molecule has 0 aromatic rings. The van der Waals surface area contributed by atoms with Gasteiger partial charge in [0.1, 0.15) is 18.3 Å². The first-order chi connectivity index (χ1) is 19.2. The monoisotopic (exact) mass is 584 g/mol. The topological polar surface area (TPSA) is 160 Å². The Kier molecular flexibility index (Phi) is 9.01. The Morgan fingerprint density at radius 2 is 1.56 bits per heavy atom. The lowest BCUT2D eigenvalue weighted by Crippen LogP contribution is -2.68. The maximum atomic E-state index is 12.5. The summed E-state index contributed by atoms with van der Waals surface area (Å²) in [5.41, 5.74) is -1.66. The smallest absolute Gasteiger partial charge is 0.186 e. The van der Waals surface area contributed by atoms with Gasteiger partial charge in [-0.15, -0.1) is 0 Å². The number of aliphatic hydroxyl groups excluding tert-OH is 6. The van der Waals surface area contributed by atoms with Crippen LogP contribution in [-0.2, 0) is 9.47 Å². The van der Waals surface area contributed by atoms with Crippen LogP contribution < -0.4 is 0 Å². The summed E-state index contributed by atoms with van der Waals surface area (Å²) in [6.45, 7) is 10.4. The molecule has 5 rings (SSSR count). The second-order valence-corrected chi connectivity index (χ2v) is 15.5. The van der Waals surface area contributed by atoms with Crippen LogP contribution in [0.25, 0.3) is 0 Å². The van der Waals surface area contributed by atoms with Crippen molar-refractivity contribution in [1.82, 2.24) is 0 Å². The van der Waals surface area contributed by atoms with Gasteiger partial charge < -0.3 is 45.2 Å². The van der Waals surface area contributed by atoms with Crippen LogP contribution in [0.1, 0.15) is 92.4 Å². The predicted octanol–water partition coefficient (Wildman–Crippen LogP) is 1.96. The van der Waals surface area contributed by atoms with E-state index < -0.39 is 55.1 Å². The largest absolute Gasteiger partial charge is 0.394 e. The van der Waals surface area contributed by atoms with E-state index in [2.05, 4.69) is 34.6 Å². The average Bonchev–Trinajstić information content (AvgIpc) is 3.34. The average molecular weight is 585 g/mol. The minimum atomic E-state index is -1.22. The molecule has 16 unspecified atom stereocenters. The second kappa shape index (κ2) is 11.5. The van der Waals surface area contributed by atoms with Crippen molar-refractivity contribution in [2.45, 2.75) is 147 Å². The molecular weight excluding hydrogens is 528 g/mol. The maximum Gasteiger partial charge on any atom is 0.186 e. The van der Waals surface area contributed by atoms with E-state index in [-0.39, 0.29) is 58.9 Å². The molecule has 5 fully saturated rings. The molecule has 238 valence electrons. The van der Waals surface area contributed by atoms with Gasteiger partial charge in [0.2, 0.25) is 0 Å². The number of hydrogen-bond acceptors (Lipinski definition) is 9. The van der Waals surface area contributed by atoms with Crippen LogP contribution in [0.15, 0.2) is 0 Å². The highest BCUT2D eigenvalue weighted by atomic mass is 16.7. The highest BCUT2D eigenvalue weighted by Gasteiger charge is 2.70. The molecule has 9 nitrogen and oxygen atoms in total. The summed E-state index contributed by atoms with van der Waals surface area (Å²) in [6, 6.07) is 0. The van der Waals surface area contributed by atoms with E-state index in [4.69, 9.17) is 9.47 Å². The zero-order valence-corrected chi connectivity index (χ0v) is 25.6. The summed E-state index contributed by atoms with van der Waals surface area (Å²) in [4.78, 5) is 0. The first-order valence-electron chi connectivity index (χ1n) is 16.2. The number of fused-ring (bicyclic) bond motifs is 5. The number of ether oxygens (including phenoxy) is 2. The minimum absolute atomic E-state index is 0.00709. The summed E-state index contributed by atoms with van der Waals surface area (Å²) in [6.07, 6.45) is 0.0535. The van der Waals surface area contributed by atoms with Crippen LogP contribution in [0, 0.1) is 46.3 Å². The Morgan fingerprint density at radius 3 is 2.20 bits per heavy atom.